The molecule has 1 N–H and O–H groups in total. The van der Waals surface area contributed by atoms with E-state index in [0.29, 0.717) is 16.9 Å². The van der Waals surface area contributed by atoms with Crippen LogP contribution in [0.15, 0.2) is 48.5 Å². The molecule has 128 valence electrons. The largest absolute Gasteiger partial charge is 0.425 e. The van der Waals surface area contributed by atoms with Crippen LogP contribution < -0.4 is 10.1 Å². The maximum atomic E-state index is 12.4. The second kappa shape index (κ2) is 8.11. The van der Waals surface area contributed by atoms with E-state index in [4.69, 9.17) is 10.00 Å². The number of nitrogens with zero attached hydrogens (tertiary/aromatic N) is 1. The number of carbonyl (C=O) groups excluding carboxylic acids is 2. The minimum Gasteiger partial charge on any atom is -0.425 e. The first-order chi connectivity index (χ1) is 11.9. The van der Waals surface area contributed by atoms with E-state index in [1.165, 1.54) is 0 Å². The van der Waals surface area contributed by atoms with Gasteiger partial charge in [0.15, 0.2) is 0 Å². The van der Waals surface area contributed by atoms with Crippen molar-refractivity contribution in [2.24, 2.45) is 5.92 Å². The Balaban J connectivity index is 2.08. The lowest BCUT2D eigenvalue weighted by Gasteiger charge is -2.20. The lowest BCUT2D eigenvalue weighted by Crippen LogP contribution is -2.46. The minimum atomic E-state index is -0.774. The van der Waals surface area contributed by atoms with Crippen molar-refractivity contribution in [1.29, 1.82) is 5.26 Å². The van der Waals surface area contributed by atoms with E-state index in [1.807, 2.05) is 39.0 Å². The zero-order valence-corrected chi connectivity index (χ0v) is 14.4. The van der Waals surface area contributed by atoms with E-state index in [2.05, 4.69) is 5.32 Å². The molecule has 0 aliphatic rings. The molecule has 2 rings (SSSR count). The molecule has 2 aromatic carbocycles. The molecular weight excluding hydrogens is 316 g/mol. The molecule has 25 heavy (non-hydrogen) atoms. The number of benzene rings is 2. The number of amides is 1. The molecule has 0 unspecified atom stereocenters. The molecule has 0 aromatic heterocycles. The molecule has 5 nitrogen and oxygen atoms in total. The van der Waals surface area contributed by atoms with Gasteiger partial charge in [0.2, 0.25) is 0 Å². The van der Waals surface area contributed by atoms with Crippen molar-refractivity contribution < 1.29 is 14.3 Å². The Morgan fingerprint density at radius 2 is 1.64 bits per heavy atom. The van der Waals surface area contributed by atoms with Crippen LogP contribution in [-0.4, -0.2) is 17.9 Å². The first kappa shape index (κ1) is 18.2. The van der Waals surface area contributed by atoms with E-state index in [1.54, 1.807) is 36.4 Å². The normalized spacial score (nSPS) is 11.5. The molecule has 1 amide bonds. The van der Waals surface area contributed by atoms with Gasteiger partial charge in [-0.1, -0.05) is 31.5 Å². The second-order valence-electron chi connectivity index (χ2n) is 6.12. The standard InChI is InChI=1S/C20H20N2O3/c1-13(2)18(22-19(23)16-8-4-14(3)5-9-16)20(24)25-17-10-6-15(12-21)7-11-17/h4-11,13,18H,1-3H3,(H,22,23)/t18-/m0/s1. The molecule has 0 aliphatic heterocycles. The molecule has 0 spiro atoms. The highest BCUT2D eigenvalue weighted by molar-refractivity contribution is 5.97. The summed E-state index contributed by atoms with van der Waals surface area (Å²) in [6.45, 7) is 5.60. The summed E-state index contributed by atoms with van der Waals surface area (Å²) in [6.07, 6.45) is 0. The van der Waals surface area contributed by atoms with Crippen LogP contribution in [-0.2, 0) is 4.79 Å². The monoisotopic (exact) mass is 336 g/mol. The summed E-state index contributed by atoms with van der Waals surface area (Å²) < 4.78 is 5.33. The third kappa shape index (κ3) is 4.92. The molecule has 0 fully saturated rings. The van der Waals surface area contributed by atoms with Crippen LogP contribution in [0.3, 0.4) is 0 Å². The smallest absolute Gasteiger partial charge is 0.334 e. The van der Waals surface area contributed by atoms with Gasteiger partial charge in [-0.05, 0) is 49.2 Å². The molecule has 0 heterocycles. The fourth-order valence-corrected chi connectivity index (χ4v) is 2.20. The predicted molar refractivity (Wildman–Crippen MR) is 94.1 cm³/mol. The quantitative estimate of drug-likeness (QED) is 0.671. The van der Waals surface area contributed by atoms with Crippen LogP contribution >= 0.6 is 0 Å². The van der Waals surface area contributed by atoms with Gasteiger partial charge in [-0.15, -0.1) is 0 Å². The summed E-state index contributed by atoms with van der Waals surface area (Å²) in [5.74, 6) is -0.671. The zero-order valence-electron chi connectivity index (χ0n) is 14.4. The van der Waals surface area contributed by atoms with Crippen molar-refractivity contribution in [3.05, 3.63) is 65.2 Å². The van der Waals surface area contributed by atoms with Crippen LogP contribution in [0.2, 0.25) is 0 Å². The lowest BCUT2D eigenvalue weighted by atomic mass is 10.0. The Labute approximate surface area is 147 Å². The average Bonchev–Trinajstić information content (AvgIpc) is 2.60. The Kier molecular flexibility index (Phi) is 5.91. The zero-order chi connectivity index (χ0) is 18.4. The van der Waals surface area contributed by atoms with Gasteiger partial charge in [-0.3, -0.25) is 4.79 Å². The lowest BCUT2D eigenvalue weighted by molar-refractivity contribution is -0.137. The fourth-order valence-electron chi connectivity index (χ4n) is 2.20. The molecule has 0 radical (unpaired) electrons. The number of hydrogen-bond acceptors (Lipinski definition) is 4. The van der Waals surface area contributed by atoms with Crippen molar-refractivity contribution in [2.45, 2.75) is 26.8 Å². The summed E-state index contributed by atoms with van der Waals surface area (Å²) in [5, 5.41) is 11.5. The van der Waals surface area contributed by atoms with Gasteiger partial charge in [0.05, 0.1) is 11.6 Å². The van der Waals surface area contributed by atoms with Crippen molar-refractivity contribution >= 4 is 11.9 Å². The molecule has 0 saturated heterocycles. The maximum absolute atomic E-state index is 12.4. The highest BCUT2D eigenvalue weighted by Crippen LogP contribution is 2.14. The number of rotatable bonds is 5. The van der Waals surface area contributed by atoms with Crippen molar-refractivity contribution in [3.8, 4) is 11.8 Å². The van der Waals surface area contributed by atoms with Gasteiger partial charge in [-0.2, -0.15) is 5.26 Å². The molecule has 5 heteroatoms. The van der Waals surface area contributed by atoms with Gasteiger partial charge in [0.1, 0.15) is 11.8 Å². The second-order valence-corrected chi connectivity index (χ2v) is 6.12. The minimum absolute atomic E-state index is 0.139. The molecule has 2 aromatic rings. The highest BCUT2D eigenvalue weighted by atomic mass is 16.5. The summed E-state index contributed by atoms with van der Waals surface area (Å²) in [7, 11) is 0. The van der Waals surface area contributed by atoms with Crippen molar-refractivity contribution in [2.75, 3.05) is 0 Å². The van der Waals surface area contributed by atoms with Crippen LogP contribution in [0.5, 0.6) is 5.75 Å². The van der Waals surface area contributed by atoms with E-state index in [9.17, 15) is 9.59 Å². The number of aryl methyl sites for hydroxylation is 1. The number of nitrogens with one attached hydrogen (secondary N) is 1. The predicted octanol–water partition coefficient (Wildman–Crippen LogP) is 3.23. The number of hydrogen-bond donors (Lipinski definition) is 1. The van der Waals surface area contributed by atoms with E-state index >= 15 is 0 Å². The number of nitriles is 1. The van der Waals surface area contributed by atoms with Gasteiger partial charge < -0.3 is 10.1 Å². The Morgan fingerprint density at radius 1 is 1.04 bits per heavy atom. The topological polar surface area (TPSA) is 79.2 Å². The van der Waals surface area contributed by atoms with Gasteiger partial charge in [-0.25, -0.2) is 4.79 Å². The Morgan fingerprint density at radius 3 is 2.16 bits per heavy atom. The van der Waals surface area contributed by atoms with E-state index in [-0.39, 0.29) is 11.8 Å². The number of carbonyl (C=O) groups is 2. The SMILES string of the molecule is Cc1ccc(C(=O)N[C@H](C(=O)Oc2ccc(C#N)cc2)C(C)C)cc1. The van der Waals surface area contributed by atoms with Gasteiger partial charge in [0.25, 0.3) is 5.91 Å². The molecule has 0 bridgehead atoms. The molecule has 0 saturated carbocycles. The Bertz CT molecular complexity index is 787. The van der Waals surface area contributed by atoms with Crippen LogP contribution in [0.25, 0.3) is 0 Å². The third-order valence-electron chi connectivity index (χ3n) is 3.72. The van der Waals surface area contributed by atoms with Crippen molar-refractivity contribution in [3.63, 3.8) is 0 Å². The van der Waals surface area contributed by atoms with Gasteiger partial charge >= 0.3 is 5.97 Å². The number of esters is 1. The summed E-state index contributed by atoms with van der Waals surface area (Å²) in [6, 6.07) is 14.6. The van der Waals surface area contributed by atoms with Crippen LogP contribution in [0.4, 0.5) is 0 Å². The third-order valence-corrected chi connectivity index (χ3v) is 3.72. The first-order valence-corrected chi connectivity index (χ1v) is 8.00. The van der Waals surface area contributed by atoms with Crippen LogP contribution in [0.1, 0.15) is 35.3 Å². The molecule has 1 atom stereocenters. The fraction of sp³-hybridized carbons (Fsp3) is 0.250. The summed E-state index contributed by atoms with van der Waals surface area (Å²) in [4.78, 5) is 24.8. The average molecular weight is 336 g/mol. The summed E-state index contributed by atoms with van der Waals surface area (Å²) in [5.41, 5.74) is 2.02. The van der Waals surface area contributed by atoms with Crippen LogP contribution in [0, 0.1) is 24.2 Å². The summed E-state index contributed by atoms with van der Waals surface area (Å²) >= 11 is 0. The number of ether oxygens (including phenoxy) is 1. The van der Waals surface area contributed by atoms with Crippen molar-refractivity contribution in [1.82, 2.24) is 5.32 Å². The molecular formula is C20H20N2O3. The molecule has 0 aliphatic carbocycles. The highest BCUT2D eigenvalue weighted by Gasteiger charge is 2.26. The van der Waals surface area contributed by atoms with E-state index in [0.717, 1.165) is 5.56 Å². The van der Waals surface area contributed by atoms with Gasteiger partial charge in [0, 0.05) is 5.56 Å². The first-order valence-electron chi connectivity index (χ1n) is 8.00. The Hall–Kier alpha value is -3.13. The maximum Gasteiger partial charge on any atom is 0.334 e. The van der Waals surface area contributed by atoms with E-state index < -0.39 is 12.0 Å².